The predicted molar refractivity (Wildman–Crippen MR) is 145 cm³/mol. The fraction of sp³-hybridized carbons (Fsp3) is 0.269. The Hall–Kier alpha value is -3.14. The number of aryl methyl sites for hydroxylation is 1. The maximum Gasteiger partial charge on any atom is 0.268 e. The first-order valence-electron chi connectivity index (χ1n) is 11.2. The lowest BCUT2D eigenvalue weighted by atomic mass is 10.1. The lowest BCUT2D eigenvalue weighted by Crippen LogP contribution is -2.41. The third-order valence-electron chi connectivity index (χ3n) is 5.49. The van der Waals surface area contributed by atoms with Crippen LogP contribution in [-0.2, 0) is 21.2 Å². The van der Waals surface area contributed by atoms with Gasteiger partial charge in [-0.15, -0.1) is 0 Å². The first-order valence-corrected chi connectivity index (χ1v) is 13.4. The van der Waals surface area contributed by atoms with Gasteiger partial charge in [0.05, 0.1) is 27.0 Å². The highest BCUT2D eigenvalue weighted by atomic mass is 35.5. The fourth-order valence-electron chi connectivity index (χ4n) is 3.67. The Bertz CT molecular complexity index is 1360. The van der Waals surface area contributed by atoms with Crippen LogP contribution in [-0.4, -0.2) is 48.7 Å². The van der Waals surface area contributed by atoms with Crippen molar-refractivity contribution in [3.8, 4) is 17.2 Å². The molecule has 0 aliphatic heterocycles. The van der Waals surface area contributed by atoms with Crippen molar-refractivity contribution >= 4 is 44.8 Å². The van der Waals surface area contributed by atoms with Crippen molar-refractivity contribution in [2.45, 2.75) is 18.2 Å². The van der Waals surface area contributed by atoms with Crippen LogP contribution in [0.15, 0.2) is 59.5 Å². The van der Waals surface area contributed by atoms with E-state index in [9.17, 15) is 13.2 Å². The zero-order valence-corrected chi connectivity index (χ0v) is 23.2. The van der Waals surface area contributed by atoms with Crippen molar-refractivity contribution < 1.29 is 27.4 Å². The molecule has 1 N–H and O–H groups in total. The Morgan fingerprint density at radius 2 is 1.49 bits per heavy atom. The van der Waals surface area contributed by atoms with E-state index < -0.39 is 22.5 Å². The molecule has 0 saturated carbocycles. The fourth-order valence-corrected chi connectivity index (χ4v) is 5.83. The largest absolute Gasteiger partial charge is 0.495 e. The molecule has 3 rings (SSSR count). The summed E-state index contributed by atoms with van der Waals surface area (Å²) in [5.74, 6) is 0.820. The third-order valence-corrected chi connectivity index (χ3v) is 7.72. The second kappa shape index (κ2) is 12.4. The van der Waals surface area contributed by atoms with Crippen LogP contribution in [0.3, 0.4) is 0 Å². The molecule has 0 spiro atoms. The Kier molecular flexibility index (Phi) is 9.53. The summed E-state index contributed by atoms with van der Waals surface area (Å²) in [7, 11) is 0.236. The average Bonchev–Trinajstić information content (AvgIpc) is 2.86. The second-order valence-electron chi connectivity index (χ2n) is 8.08. The van der Waals surface area contributed by atoms with Gasteiger partial charge in [-0.05, 0) is 66.9 Å². The van der Waals surface area contributed by atoms with Crippen LogP contribution in [0.25, 0.3) is 0 Å². The van der Waals surface area contributed by atoms with Gasteiger partial charge in [-0.25, -0.2) is 8.42 Å². The van der Waals surface area contributed by atoms with Crippen molar-refractivity contribution in [1.29, 1.82) is 0 Å². The molecule has 0 aromatic heterocycles. The molecule has 8 nitrogen and oxygen atoms in total. The van der Waals surface area contributed by atoms with E-state index in [0.29, 0.717) is 23.5 Å². The van der Waals surface area contributed by atoms with Gasteiger partial charge >= 0.3 is 0 Å². The molecular formula is C26H28Cl2N2O6S. The highest BCUT2D eigenvalue weighted by molar-refractivity contribution is 7.93. The Morgan fingerprint density at radius 3 is 2.11 bits per heavy atom. The summed E-state index contributed by atoms with van der Waals surface area (Å²) >= 11 is 12.3. The molecule has 3 aromatic rings. The topological polar surface area (TPSA) is 94.2 Å². The van der Waals surface area contributed by atoms with Gasteiger partial charge in [-0.1, -0.05) is 35.3 Å². The van der Waals surface area contributed by atoms with Crippen molar-refractivity contribution in [1.82, 2.24) is 5.32 Å². The molecule has 11 heteroatoms. The Labute approximate surface area is 227 Å². The van der Waals surface area contributed by atoms with Crippen molar-refractivity contribution in [2.24, 2.45) is 0 Å². The first kappa shape index (κ1) is 28.4. The Balaban J connectivity index is 1.85. The van der Waals surface area contributed by atoms with Crippen LogP contribution in [0.1, 0.15) is 11.1 Å². The quantitative estimate of drug-likeness (QED) is 0.355. The van der Waals surface area contributed by atoms with E-state index in [1.165, 1.54) is 31.4 Å². The number of anilines is 1. The van der Waals surface area contributed by atoms with Gasteiger partial charge in [0.15, 0.2) is 11.5 Å². The van der Waals surface area contributed by atoms with Gasteiger partial charge in [0.1, 0.15) is 17.2 Å². The van der Waals surface area contributed by atoms with Gasteiger partial charge in [-0.2, -0.15) is 0 Å². The summed E-state index contributed by atoms with van der Waals surface area (Å²) in [6.45, 7) is 1.54. The lowest BCUT2D eigenvalue weighted by Gasteiger charge is -2.25. The predicted octanol–water partition coefficient (Wildman–Crippen LogP) is 4.88. The van der Waals surface area contributed by atoms with Gasteiger partial charge in [0.2, 0.25) is 5.91 Å². The van der Waals surface area contributed by atoms with E-state index in [4.69, 9.17) is 37.4 Å². The van der Waals surface area contributed by atoms with E-state index in [2.05, 4.69) is 5.32 Å². The molecule has 0 radical (unpaired) electrons. The van der Waals surface area contributed by atoms with E-state index in [0.717, 1.165) is 9.87 Å². The minimum absolute atomic E-state index is 0.0794. The number of amides is 1. The molecule has 0 unspecified atom stereocenters. The number of sulfonamides is 1. The van der Waals surface area contributed by atoms with Crippen LogP contribution < -0.4 is 23.8 Å². The van der Waals surface area contributed by atoms with Crippen molar-refractivity contribution in [3.05, 3.63) is 75.8 Å². The third kappa shape index (κ3) is 7.00. The molecule has 0 aliphatic carbocycles. The molecule has 0 bridgehead atoms. The molecule has 198 valence electrons. The van der Waals surface area contributed by atoms with E-state index in [1.807, 2.05) is 12.1 Å². The van der Waals surface area contributed by atoms with Crippen LogP contribution in [0, 0.1) is 6.92 Å². The number of benzene rings is 3. The summed E-state index contributed by atoms with van der Waals surface area (Å²) in [6.07, 6.45) is 0.494. The van der Waals surface area contributed by atoms with Gasteiger partial charge in [0, 0.05) is 16.6 Å². The number of nitrogens with zero attached hydrogens (tertiary/aromatic N) is 1. The number of ether oxygens (including phenoxy) is 3. The van der Waals surface area contributed by atoms with Crippen molar-refractivity contribution in [3.63, 3.8) is 0 Å². The number of rotatable bonds is 11. The summed E-state index contributed by atoms with van der Waals surface area (Å²) < 4.78 is 44.4. The monoisotopic (exact) mass is 566 g/mol. The second-order valence-corrected chi connectivity index (χ2v) is 10.8. The molecule has 0 heterocycles. The van der Waals surface area contributed by atoms with Gasteiger partial charge in [0.25, 0.3) is 10.0 Å². The first-order chi connectivity index (χ1) is 17.6. The molecular weight excluding hydrogens is 539 g/mol. The van der Waals surface area contributed by atoms with E-state index >= 15 is 0 Å². The molecule has 3 aromatic carbocycles. The number of nitrogens with one attached hydrogen (secondary N) is 1. The van der Waals surface area contributed by atoms with Crippen LogP contribution in [0.4, 0.5) is 5.69 Å². The highest BCUT2D eigenvalue weighted by Crippen LogP contribution is 2.33. The standard InChI is InChI=1S/C26H28Cl2N2O6S/c1-17-5-7-23(35-3)25(11-17)37(32,33)30(21-14-19(27)13-20(28)15-21)16-26(31)29-10-9-18-6-8-22(34-2)24(12-18)36-4/h5-8,11-15H,9-10,16H2,1-4H3,(H,29,31). The normalized spacial score (nSPS) is 11.1. The van der Waals surface area contributed by atoms with Crippen LogP contribution >= 0.6 is 23.2 Å². The average molecular weight is 567 g/mol. The molecule has 1 amide bonds. The van der Waals surface area contributed by atoms with E-state index in [1.54, 1.807) is 39.3 Å². The molecule has 0 fully saturated rings. The minimum Gasteiger partial charge on any atom is -0.495 e. The van der Waals surface area contributed by atoms with Crippen molar-refractivity contribution in [2.75, 3.05) is 38.7 Å². The Morgan fingerprint density at radius 1 is 0.865 bits per heavy atom. The minimum atomic E-state index is -4.24. The smallest absolute Gasteiger partial charge is 0.268 e. The van der Waals surface area contributed by atoms with Crippen LogP contribution in [0.5, 0.6) is 17.2 Å². The molecule has 0 saturated heterocycles. The maximum absolute atomic E-state index is 13.8. The summed E-state index contributed by atoms with van der Waals surface area (Å²) in [5, 5.41) is 3.23. The number of carbonyl (C=O) groups is 1. The number of hydrogen-bond donors (Lipinski definition) is 1. The maximum atomic E-state index is 13.8. The molecule has 0 atom stereocenters. The number of carbonyl (C=O) groups excluding carboxylic acids is 1. The zero-order chi connectivity index (χ0) is 27.2. The van der Waals surface area contributed by atoms with E-state index in [-0.39, 0.29) is 32.9 Å². The SMILES string of the molecule is COc1ccc(CCNC(=O)CN(c2cc(Cl)cc(Cl)c2)S(=O)(=O)c2cc(C)ccc2OC)cc1OC. The highest BCUT2D eigenvalue weighted by Gasteiger charge is 2.30. The summed E-state index contributed by atoms with van der Waals surface area (Å²) in [5.41, 5.74) is 1.77. The number of hydrogen-bond acceptors (Lipinski definition) is 6. The van der Waals surface area contributed by atoms with Gasteiger partial charge in [-0.3, -0.25) is 9.10 Å². The van der Waals surface area contributed by atoms with Crippen LogP contribution in [0.2, 0.25) is 10.0 Å². The summed E-state index contributed by atoms with van der Waals surface area (Å²) in [6, 6.07) is 14.6. The summed E-state index contributed by atoms with van der Waals surface area (Å²) in [4.78, 5) is 12.9. The number of halogens is 2. The number of methoxy groups -OCH3 is 3. The zero-order valence-electron chi connectivity index (χ0n) is 20.9. The molecule has 37 heavy (non-hydrogen) atoms. The van der Waals surface area contributed by atoms with Gasteiger partial charge < -0.3 is 19.5 Å². The lowest BCUT2D eigenvalue weighted by molar-refractivity contribution is -0.119. The molecule has 0 aliphatic rings.